The molecule has 0 heterocycles. The highest BCUT2D eigenvalue weighted by Crippen LogP contribution is 2.06. The van der Waals surface area contributed by atoms with Crippen LogP contribution in [-0.2, 0) is 9.59 Å². The van der Waals surface area contributed by atoms with Crippen molar-refractivity contribution >= 4 is 36.0 Å². The first-order chi connectivity index (χ1) is 14.1. The number of hydrogen-bond acceptors (Lipinski definition) is 5. The van der Waals surface area contributed by atoms with Crippen molar-refractivity contribution < 1.29 is 18.4 Å². The smallest absolute Gasteiger partial charge is 0.240 e. The highest BCUT2D eigenvalue weighted by Gasteiger charge is 2.03. The molecule has 0 saturated carbocycles. The van der Waals surface area contributed by atoms with Gasteiger partial charge in [-0.15, -0.1) is 0 Å². The SMILES string of the molecule is O=C(CCSCCC(=O)N/N=C/c1ccccc1F)NN=Cc1ccccc1F. The maximum absolute atomic E-state index is 13.4. The largest absolute Gasteiger partial charge is 0.273 e. The maximum Gasteiger partial charge on any atom is 0.240 e. The molecule has 0 bridgehead atoms. The zero-order valence-corrected chi connectivity index (χ0v) is 16.3. The lowest BCUT2D eigenvalue weighted by Crippen LogP contribution is -2.19. The second-order valence-corrected chi connectivity index (χ2v) is 6.97. The van der Waals surface area contributed by atoms with E-state index in [4.69, 9.17) is 0 Å². The third-order valence-corrected chi connectivity index (χ3v) is 4.53. The van der Waals surface area contributed by atoms with Crippen LogP contribution in [0.1, 0.15) is 24.0 Å². The number of thioether (sulfide) groups is 1. The molecule has 0 aliphatic rings. The van der Waals surface area contributed by atoms with Crippen molar-refractivity contribution in [3.05, 3.63) is 71.3 Å². The van der Waals surface area contributed by atoms with Gasteiger partial charge < -0.3 is 0 Å². The van der Waals surface area contributed by atoms with Gasteiger partial charge in [-0.1, -0.05) is 36.4 Å². The van der Waals surface area contributed by atoms with Gasteiger partial charge in [0.2, 0.25) is 11.8 Å². The summed E-state index contributed by atoms with van der Waals surface area (Å²) in [6.07, 6.45) is 2.91. The first-order valence-electron chi connectivity index (χ1n) is 8.77. The molecule has 152 valence electrons. The molecule has 2 rings (SSSR count). The molecular weight excluding hydrogens is 398 g/mol. The van der Waals surface area contributed by atoms with Crippen LogP contribution in [-0.4, -0.2) is 35.7 Å². The van der Waals surface area contributed by atoms with Crippen molar-refractivity contribution in [1.82, 2.24) is 10.9 Å². The Hall–Kier alpha value is -3.07. The topological polar surface area (TPSA) is 82.9 Å². The first kappa shape index (κ1) is 22.2. The number of benzene rings is 2. The Morgan fingerprint density at radius 2 is 1.21 bits per heavy atom. The van der Waals surface area contributed by atoms with E-state index < -0.39 is 11.6 Å². The minimum absolute atomic E-state index is 0.215. The molecule has 2 aromatic rings. The van der Waals surface area contributed by atoms with Crippen LogP contribution in [0.2, 0.25) is 0 Å². The van der Waals surface area contributed by atoms with Gasteiger partial charge in [-0.3, -0.25) is 9.59 Å². The van der Waals surface area contributed by atoms with Crippen LogP contribution in [0.5, 0.6) is 0 Å². The summed E-state index contributed by atoms with van der Waals surface area (Å²) in [4.78, 5) is 23.3. The predicted molar refractivity (Wildman–Crippen MR) is 111 cm³/mol. The predicted octanol–water partition coefficient (Wildman–Crippen LogP) is 3.08. The number of amides is 2. The lowest BCUT2D eigenvalue weighted by Gasteiger charge is -2.02. The van der Waals surface area contributed by atoms with E-state index in [1.165, 1.54) is 36.3 Å². The zero-order chi connectivity index (χ0) is 20.9. The lowest BCUT2D eigenvalue weighted by atomic mass is 10.2. The average molecular weight is 418 g/mol. The van der Waals surface area contributed by atoms with Gasteiger partial charge in [-0.2, -0.15) is 22.0 Å². The number of nitrogens with one attached hydrogen (secondary N) is 2. The summed E-state index contributed by atoms with van der Waals surface area (Å²) in [5.41, 5.74) is 5.22. The van der Waals surface area contributed by atoms with Crippen molar-refractivity contribution in [3.8, 4) is 0 Å². The van der Waals surface area contributed by atoms with Gasteiger partial charge in [0.15, 0.2) is 0 Å². The molecule has 9 heteroatoms. The van der Waals surface area contributed by atoms with Crippen LogP contribution < -0.4 is 10.9 Å². The lowest BCUT2D eigenvalue weighted by molar-refractivity contribution is -0.121. The van der Waals surface area contributed by atoms with Crippen molar-refractivity contribution in [2.24, 2.45) is 10.2 Å². The van der Waals surface area contributed by atoms with Gasteiger partial charge in [0, 0.05) is 35.5 Å². The normalized spacial score (nSPS) is 11.1. The summed E-state index contributed by atoms with van der Waals surface area (Å²) in [6.45, 7) is 0. The molecule has 0 radical (unpaired) electrons. The molecule has 29 heavy (non-hydrogen) atoms. The number of halogens is 2. The fraction of sp³-hybridized carbons (Fsp3) is 0.200. The Kier molecular flexibility index (Phi) is 9.50. The number of rotatable bonds is 10. The Morgan fingerprint density at radius 1 is 0.793 bits per heavy atom. The van der Waals surface area contributed by atoms with Crippen molar-refractivity contribution in [3.63, 3.8) is 0 Å². The summed E-state index contributed by atoms with van der Waals surface area (Å²) in [7, 11) is 0. The average Bonchev–Trinajstić information content (AvgIpc) is 2.70. The van der Waals surface area contributed by atoms with Crippen LogP contribution in [0.4, 0.5) is 8.78 Å². The third-order valence-electron chi connectivity index (χ3n) is 3.54. The van der Waals surface area contributed by atoms with E-state index in [1.807, 2.05) is 0 Å². The van der Waals surface area contributed by atoms with E-state index in [1.54, 1.807) is 36.4 Å². The van der Waals surface area contributed by atoms with Gasteiger partial charge in [-0.05, 0) is 12.1 Å². The second kappa shape index (κ2) is 12.4. The second-order valence-electron chi connectivity index (χ2n) is 5.74. The van der Waals surface area contributed by atoms with Crippen molar-refractivity contribution in [2.75, 3.05) is 11.5 Å². The molecule has 0 atom stereocenters. The summed E-state index contributed by atoms with van der Waals surface area (Å²) in [6, 6.07) is 12.2. The van der Waals surface area contributed by atoms with E-state index in [0.29, 0.717) is 11.5 Å². The highest BCUT2D eigenvalue weighted by molar-refractivity contribution is 7.99. The number of carbonyl (C=O) groups excluding carboxylic acids is 2. The third kappa shape index (κ3) is 8.65. The summed E-state index contributed by atoms with van der Waals surface area (Å²) >= 11 is 1.43. The number of carbonyl (C=O) groups is 2. The number of hydrazone groups is 2. The van der Waals surface area contributed by atoms with Crippen molar-refractivity contribution in [2.45, 2.75) is 12.8 Å². The molecule has 0 saturated heterocycles. The Bertz CT molecular complexity index is 819. The zero-order valence-electron chi connectivity index (χ0n) is 15.5. The maximum atomic E-state index is 13.4. The minimum Gasteiger partial charge on any atom is -0.273 e. The van der Waals surface area contributed by atoms with Crippen LogP contribution in [0.15, 0.2) is 58.7 Å². The van der Waals surface area contributed by atoms with Gasteiger partial charge in [-0.25, -0.2) is 19.6 Å². The molecule has 0 aromatic heterocycles. The van der Waals surface area contributed by atoms with E-state index in [2.05, 4.69) is 21.1 Å². The molecule has 0 fully saturated rings. The molecule has 0 spiro atoms. The Labute approximate surface area is 171 Å². The molecule has 2 aromatic carbocycles. The van der Waals surface area contributed by atoms with Crippen LogP contribution in [0.25, 0.3) is 0 Å². The van der Waals surface area contributed by atoms with E-state index in [0.717, 1.165) is 0 Å². The van der Waals surface area contributed by atoms with Crippen LogP contribution in [0.3, 0.4) is 0 Å². The fourth-order valence-electron chi connectivity index (χ4n) is 2.05. The molecule has 2 amide bonds. The highest BCUT2D eigenvalue weighted by atomic mass is 32.2. The van der Waals surface area contributed by atoms with E-state index in [-0.39, 0.29) is 35.8 Å². The van der Waals surface area contributed by atoms with E-state index in [9.17, 15) is 18.4 Å². The molecular formula is C20H20F2N4O2S. The summed E-state index contributed by atoms with van der Waals surface area (Å²) in [5, 5.41) is 7.43. The Balaban J connectivity index is 1.56. The monoisotopic (exact) mass is 418 g/mol. The summed E-state index contributed by atoms with van der Waals surface area (Å²) in [5.74, 6) is -0.428. The minimum atomic E-state index is -0.419. The molecule has 6 nitrogen and oxygen atoms in total. The molecule has 0 unspecified atom stereocenters. The van der Waals surface area contributed by atoms with Crippen molar-refractivity contribution in [1.29, 1.82) is 0 Å². The molecule has 0 aliphatic carbocycles. The fourth-order valence-corrected chi connectivity index (χ4v) is 2.91. The standard InChI is InChI=1S/C20H20F2N4O2S/c21-17-7-3-1-5-15(17)13-23-25-19(27)9-11-29-12-10-20(28)26-24-14-16-6-2-4-8-18(16)22/h1-8,13-14H,9-12H2,(H,25,27)(H,26,28)/b23-13+,24-14?. The van der Waals surface area contributed by atoms with Gasteiger partial charge in [0.25, 0.3) is 0 Å². The quantitative estimate of drug-likeness (QED) is 0.353. The number of nitrogens with zero attached hydrogens (tertiary/aromatic N) is 2. The van der Waals surface area contributed by atoms with Gasteiger partial charge in [0.1, 0.15) is 11.6 Å². The molecule has 0 aliphatic heterocycles. The van der Waals surface area contributed by atoms with E-state index >= 15 is 0 Å². The summed E-state index contributed by atoms with van der Waals surface area (Å²) < 4.78 is 26.8. The Morgan fingerprint density at radius 3 is 1.62 bits per heavy atom. The van der Waals surface area contributed by atoms with Crippen LogP contribution in [0, 0.1) is 11.6 Å². The van der Waals surface area contributed by atoms with Gasteiger partial charge >= 0.3 is 0 Å². The van der Waals surface area contributed by atoms with Gasteiger partial charge in [0.05, 0.1) is 12.4 Å². The molecule has 2 N–H and O–H groups in total. The first-order valence-corrected chi connectivity index (χ1v) is 9.92. The number of hydrogen-bond donors (Lipinski definition) is 2. The van der Waals surface area contributed by atoms with Crippen LogP contribution >= 0.6 is 11.8 Å².